The third-order valence-corrected chi connectivity index (χ3v) is 4.23. The molecule has 0 aliphatic heterocycles. The zero-order chi connectivity index (χ0) is 18.2. The molecule has 0 saturated carbocycles. The van der Waals surface area contributed by atoms with Gasteiger partial charge in [-0.1, -0.05) is 53.0 Å². The fraction of sp³-hybridized carbons (Fsp3) is 0.263. The van der Waals surface area contributed by atoms with Crippen molar-refractivity contribution < 1.29 is 9.59 Å². The average Bonchev–Trinajstić information content (AvgIpc) is 2.60. The van der Waals surface area contributed by atoms with Gasteiger partial charge in [-0.15, -0.1) is 0 Å². The summed E-state index contributed by atoms with van der Waals surface area (Å²) in [5.41, 5.74) is 2.65. The molecule has 0 fully saturated rings. The Bertz CT molecular complexity index is 746. The van der Waals surface area contributed by atoms with Crippen LogP contribution >= 0.6 is 23.2 Å². The van der Waals surface area contributed by atoms with E-state index < -0.39 is 0 Å². The number of carbonyl (C=O) groups excluding carboxylic acids is 2. The minimum Gasteiger partial charge on any atom is -0.354 e. The first-order valence-corrected chi connectivity index (χ1v) is 8.77. The molecule has 0 unspecified atom stereocenters. The summed E-state index contributed by atoms with van der Waals surface area (Å²) in [5, 5.41) is 6.27. The molecule has 0 spiro atoms. The molecule has 0 bridgehead atoms. The first-order valence-electron chi connectivity index (χ1n) is 8.01. The molecule has 2 amide bonds. The number of halogens is 2. The molecule has 0 radical (unpaired) electrons. The lowest BCUT2D eigenvalue weighted by Crippen LogP contribution is -2.34. The van der Waals surface area contributed by atoms with Gasteiger partial charge in [0.25, 0.3) is 5.91 Å². The molecule has 6 heteroatoms. The molecule has 2 N–H and O–H groups in total. The van der Waals surface area contributed by atoms with E-state index in [4.69, 9.17) is 23.2 Å². The van der Waals surface area contributed by atoms with Gasteiger partial charge in [-0.3, -0.25) is 9.59 Å². The predicted molar refractivity (Wildman–Crippen MR) is 101 cm³/mol. The van der Waals surface area contributed by atoms with Crippen LogP contribution < -0.4 is 10.6 Å². The molecule has 4 nitrogen and oxygen atoms in total. The highest BCUT2D eigenvalue weighted by atomic mass is 35.5. The molecule has 0 heterocycles. The zero-order valence-electron chi connectivity index (χ0n) is 13.9. The Kier molecular flexibility index (Phi) is 7.29. The summed E-state index contributed by atoms with van der Waals surface area (Å²) in [6.07, 6.45) is 1.10. The van der Waals surface area contributed by atoms with Crippen molar-refractivity contribution in [1.29, 1.82) is 0 Å². The quantitative estimate of drug-likeness (QED) is 0.720. The first kappa shape index (κ1) is 19.3. The monoisotopic (exact) mass is 378 g/mol. The van der Waals surface area contributed by atoms with E-state index in [0.717, 1.165) is 5.56 Å². The van der Waals surface area contributed by atoms with Crippen molar-refractivity contribution in [2.75, 3.05) is 13.1 Å². The molecule has 132 valence electrons. The average molecular weight is 379 g/mol. The minimum absolute atomic E-state index is 0.0457. The van der Waals surface area contributed by atoms with E-state index in [-0.39, 0.29) is 11.8 Å². The highest BCUT2D eigenvalue weighted by Gasteiger charge is 2.10. The van der Waals surface area contributed by atoms with Gasteiger partial charge < -0.3 is 10.6 Å². The summed E-state index contributed by atoms with van der Waals surface area (Å²) in [4.78, 5) is 23.9. The van der Waals surface area contributed by atoms with E-state index in [2.05, 4.69) is 10.6 Å². The van der Waals surface area contributed by atoms with Gasteiger partial charge >= 0.3 is 0 Å². The number of amides is 2. The Hall–Kier alpha value is -2.04. The smallest absolute Gasteiger partial charge is 0.252 e. The summed E-state index contributed by atoms with van der Waals surface area (Å²) < 4.78 is 0. The molecule has 0 aliphatic rings. The van der Waals surface area contributed by atoms with Crippen LogP contribution in [-0.2, 0) is 11.2 Å². The van der Waals surface area contributed by atoms with Crippen LogP contribution in [0.15, 0.2) is 42.5 Å². The Morgan fingerprint density at radius 3 is 2.36 bits per heavy atom. The van der Waals surface area contributed by atoms with Crippen LogP contribution in [0.3, 0.4) is 0 Å². The predicted octanol–water partition coefficient (Wildman–Crippen LogP) is 3.78. The Morgan fingerprint density at radius 2 is 1.64 bits per heavy atom. The SMILES string of the molecule is Cc1ccc(CCC(=O)NCCNC(=O)c2cc(Cl)ccc2Cl)cc1. The molecule has 0 saturated heterocycles. The van der Waals surface area contributed by atoms with Gasteiger partial charge in [0.15, 0.2) is 0 Å². The van der Waals surface area contributed by atoms with Crippen molar-refractivity contribution in [1.82, 2.24) is 10.6 Å². The number of rotatable bonds is 7. The minimum atomic E-state index is -0.318. The van der Waals surface area contributed by atoms with Gasteiger partial charge in [0, 0.05) is 24.5 Å². The number of hydrogen-bond acceptors (Lipinski definition) is 2. The summed E-state index contributed by atoms with van der Waals surface area (Å²) in [7, 11) is 0. The third-order valence-electron chi connectivity index (χ3n) is 3.67. The van der Waals surface area contributed by atoms with Crippen LogP contribution in [0, 0.1) is 6.92 Å². The van der Waals surface area contributed by atoms with E-state index in [0.29, 0.717) is 41.5 Å². The highest BCUT2D eigenvalue weighted by Crippen LogP contribution is 2.20. The normalized spacial score (nSPS) is 10.4. The van der Waals surface area contributed by atoms with Crippen LogP contribution in [0.1, 0.15) is 27.9 Å². The molecule has 2 aromatic carbocycles. The molecule has 0 atom stereocenters. The van der Waals surface area contributed by atoms with Gasteiger partial charge in [-0.05, 0) is 37.1 Å². The van der Waals surface area contributed by atoms with Crippen molar-refractivity contribution in [3.8, 4) is 0 Å². The summed E-state index contributed by atoms with van der Waals surface area (Å²) in [6.45, 7) is 2.70. The maximum Gasteiger partial charge on any atom is 0.252 e. The van der Waals surface area contributed by atoms with Crippen molar-refractivity contribution in [3.63, 3.8) is 0 Å². The molecule has 2 aromatic rings. The zero-order valence-corrected chi connectivity index (χ0v) is 15.5. The summed E-state index contributed by atoms with van der Waals surface area (Å²) in [6, 6.07) is 12.8. The summed E-state index contributed by atoms with van der Waals surface area (Å²) >= 11 is 11.8. The van der Waals surface area contributed by atoms with Gasteiger partial charge in [-0.25, -0.2) is 0 Å². The lowest BCUT2D eigenvalue weighted by molar-refractivity contribution is -0.121. The topological polar surface area (TPSA) is 58.2 Å². The molecular weight excluding hydrogens is 359 g/mol. The number of aryl methyl sites for hydroxylation is 2. The fourth-order valence-electron chi connectivity index (χ4n) is 2.25. The summed E-state index contributed by atoms with van der Waals surface area (Å²) in [5.74, 6) is -0.364. The lowest BCUT2D eigenvalue weighted by Gasteiger charge is -2.08. The molecule has 0 aromatic heterocycles. The van der Waals surface area contributed by atoms with E-state index in [1.807, 2.05) is 31.2 Å². The largest absolute Gasteiger partial charge is 0.354 e. The van der Waals surface area contributed by atoms with E-state index in [1.165, 1.54) is 11.6 Å². The molecule has 25 heavy (non-hydrogen) atoms. The number of nitrogens with one attached hydrogen (secondary N) is 2. The van der Waals surface area contributed by atoms with Crippen LogP contribution in [0.2, 0.25) is 10.0 Å². The van der Waals surface area contributed by atoms with Crippen LogP contribution in [-0.4, -0.2) is 24.9 Å². The second-order valence-electron chi connectivity index (χ2n) is 5.72. The van der Waals surface area contributed by atoms with Gasteiger partial charge in [0.1, 0.15) is 0 Å². The van der Waals surface area contributed by atoms with Crippen LogP contribution in [0.4, 0.5) is 0 Å². The molecular formula is C19H20Cl2N2O2. The van der Waals surface area contributed by atoms with E-state index >= 15 is 0 Å². The Balaban J connectivity index is 1.68. The van der Waals surface area contributed by atoms with Crippen molar-refractivity contribution in [3.05, 3.63) is 69.2 Å². The van der Waals surface area contributed by atoms with Gasteiger partial charge in [0.2, 0.25) is 5.91 Å². The lowest BCUT2D eigenvalue weighted by atomic mass is 10.1. The second kappa shape index (κ2) is 9.44. The van der Waals surface area contributed by atoms with Gasteiger partial charge in [0.05, 0.1) is 10.6 Å². The first-order chi connectivity index (χ1) is 12.0. The van der Waals surface area contributed by atoms with Crippen LogP contribution in [0.5, 0.6) is 0 Å². The van der Waals surface area contributed by atoms with E-state index in [1.54, 1.807) is 12.1 Å². The van der Waals surface area contributed by atoms with Crippen molar-refractivity contribution >= 4 is 35.0 Å². The number of benzene rings is 2. The number of hydrogen-bond donors (Lipinski definition) is 2. The molecule has 2 rings (SSSR count). The fourth-order valence-corrected chi connectivity index (χ4v) is 2.62. The van der Waals surface area contributed by atoms with Gasteiger partial charge in [-0.2, -0.15) is 0 Å². The van der Waals surface area contributed by atoms with E-state index in [9.17, 15) is 9.59 Å². The van der Waals surface area contributed by atoms with Crippen molar-refractivity contribution in [2.24, 2.45) is 0 Å². The maximum atomic E-state index is 12.0. The number of carbonyl (C=O) groups is 2. The Labute approximate surface area is 157 Å². The van der Waals surface area contributed by atoms with Crippen molar-refractivity contribution in [2.45, 2.75) is 19.8 Å². The maximum absolute atomic E-state index is 12.0. The molecule has 0 aliphatic carbocycles. The standard InChI is InChI=1S/C19H20Cl2N2O2/c1-13-2-4-14(5-3-13)6-9-18(24)22-10-11-23-19(25)16-12-15(20)7-8-17(16)21/h2-5,7-8,12H,6,9-11H2,1H3,(H,22,24)(H,23,25). The van der Waals surface area contributed by atoms with Crippen LogP contribution in [0.25, 0.3) is 0 Å². The second-order valence-corrected chi connectivity index (χ2v) is 6.56. The Morgan fingerprint density at radius 1 is 0.960 bits per heavy atom. The third kappa shape index (κ3) is 6.40. The highest BCUT2D eigenvalue weighted by molar-refractivity contribution is 6.35.